The number of hydrogen-bond acceptors (Lipinski definition) is 4. The molecule has 1 aliphatic rings. The Kier molecular flexibility index (Phi) is 4.85. The molecule has 0 spiro atoms. The molecule has 1 saturated heterocycles. The van der Waals surface area contributed by atoms with Gasteiger partial charge in [0, 0.05) is 19.1 Å². The Morgan fingerprint density at radius 1 is 1.09 bits per heavy atom. The van der Waals surface area contributed by atoms with Gasteiger partial charge in [0.2, 0.25) is 20.0 Å². The van der Waals surface area contributed by atoms with E-state index in [0.29, 0.717) is 0 Å². The van der Waals surface area contributed by atoms with E-state index >= 15 is 0 Å². The van der Waals surface area contributed by atoms with Gasteiger partial charge in [0.25, 0.3) is 0 Å². The Hall–Kier alpha value is -1.10. The maximum absolute atomic E-state index is 13.6. The first kappa shape index (κ1) is 17.3. The van der Waals surface area contributed by atoms with E-state index in [-0.39, 0.29) is 25.9 Å². The van der Waals surface area contributed by atoms with Crippen molar-refractivity contribution < 1.29 is 25.6 Å². The predicted molar refractivity (Wildman–Crippen MR) is 76.1 cm³/mol. The summed E-state index contributed by atoms with van der Waals surface area (Å²) in [6.07, 6.45) is 1.55. The molecule has 0 amide bonds. The molecule has 1 N–H and O–H groups in total. The van der Waals surface area contributed by atoms with Gasteiger partial charge in [-0.2, -0.15) is 0 Å². The molecule has 6 nitrogen and oxygen atoms in total. The highest BCUT2D eigenvalue weighted by Crippen LogP contribution is 2.21. The zero-order valence-corrected chi connectivity index (χ0v) is 13.4. The number of halogens is 2. The van der Waals surface area contributed by atoms with Crippen LogP contribution in [0.4, 0.5) is 8.78 Å². The third kappa shape index (κ3) is 3.80. The number of nitrogens with one attached hydrogen (secondary N) is 1. The largest absolute Gasteiger partial charge is 0.246 e. The van der Waals surface area contributed by atoms with E-state index in [1.165, 1.54) is 4.31 Å². The number of rotatable bonds is 4. The summed E-state index contributed by atoms with van der Waals surface area (Å²) in [5.74, 6) is -2.33. The minimum absolute atomic E-state index is 0.159. The second kappa shape index (κ2) is 6.19. The zero-order chi connectivity index (χ0) is 16.5. The van der Waals surface area contributed by atoms with Gasteiger partial charge in [-0.15, -0.1) is 0 Å². The smallest absolute Gasteiger partial charge is 0.213 e. The maximum atomic E-state index is 13.6. The first-order chi connectivity index (χ1) is 10.1. The van der Waals surface area contributed by atoms with E-state index < -0.39 is 42.6 Å². The molecule has 0 aliphatic carbocycles. The van der Waals surface area contributed by atoms with Crippen molar-refractivity contribution in [3.05, 3.63) is 29.8 Å². The number of sulfonamides is 2. The summed E-state index contributed by atoms with van der Waals surface area (Å²) in [7, 11) is -7.66. The molecule has 1 aliphatic heterocycles. The molecule has 0 saturated carbocycles. The lowest BCUT2D eigenvalue weighted by molar-refractivity contribution is 0.310. The minimum atomic E-state index is -4.34. The highest BCUT2D eigenvalue weighted by molar-refractivity contribution is 7.89. The van der Waals surface area contributed by atoms with Crippen molar-refractivity contribution in [2.24, 2.45) is 0 Å². The molecule has 1 heterocycles. The third-order valence-electron chi connectivity index (χ3n) is 3.43. The molecule has 2 rings (SSSR count). The molecule has 22 heavy (non-hydrogen) atoms. The highest BCUT2D eigenvalue weighted by Gasteiger charge is 2.30. The zero-order valence-electron chi connectivity index (χ0n) is 11.8. The van der Waals surface area contributed by atoms with Crippen LogP contribution in [0.1, 0.15) is 12.8 Å². The summed E-state index contributed by atoms with van der Waals surface area (Å²) in [6.45, 7) is 0.317. The lowest BCUT2D eigenvalue weighted by Gasteiger charge is -2.30. The van der Waals surface area contributed by atoms with Crippen LogP contribution in [0.25, 0.3) is 0 Å². The average Bonchev–Trinajstić information content (AvgIpc) is 2.37. The maximum Gasteiger partial charge on any atom is 0.246 e. The van der Waals surface area contributed by atoms with Crippen LogP contribution in [0.15, 0.2) is 23.1 Å². The average molecular weight is 354 g/mol. The highest BCUT2D eigenvalue weighted by atomic mass is 32.2. The summed E-state index contributed by atoms with van der Waals surface area (Å²) < 4.78 is 77.6. The molecule has 0 bridgehead atoms. The molecule has 1 aromatic carbocycles. The van der Waals surface area contributed by atoms with E-state index in [4.69, 9.17) is 0 Å². The molecule has 10 heteroatoms. The second-order valence-corrected chi connectivity index (χ2v) is 8.74. The first-order valence-electron chi connectivity index (χ1n) is 6.53. The fourth-order valence-corrected chi connectivity index (χ4v) is 4.64. The standard InChI is InChI=1S/C12H16F2N2O4S2/c1-21(17,18)16-7-5-9(6-8-16)15-22(19,20)12-10(13)3-2-4-11(12)14/h2-4,9,15H,5-8H2,1H3. The number of benzene rings is 1. The number of piperidine rings is 1. The molecular weight excluding hydrogens is 338 g/mol. The van der Waals surface area contributed by atoms with Gasteiger partial charge in [0.15, 0.2) is 4.90 Å². The van der Waals surface area contributed by atoms with Crippen LogP contribution in [0.2, 0.25) is 0 Å². The summed E-state index contributed by atoms with van der Waals surface area (Å²) >= 11 is 0. The van der Waals surface area contributed by atoms with Crippen LogP contribution in [0.5, 0.6) is 0 Å². The van der Waals surface area contributed by atoms with Crippen LogP contribution in [0.3, 0.4) is 0 Å². The minimum Gasteiger partial charge on any atom is -0.213 e. The van der Waals surface area contributed by atoms with Gasteiger partial charge in [-0.3, -0.25) is 0 Å². The Morgan fingerprint density at radius 3 is 2.05 bits per heavy atom. The van der Waals surface area contributed by atoms with Crippen molar-refractivity contribution in [2.75, 3.05) is 19.3 Å². The molecule has 0 unspecified atom stereocenters. The quantitative estimate of drug-likeness (QED) is 0.861. The van der Waals surface area contributed by atoms with Gasteiger partial charge in [0.05, 0.1) is 6.26 Å². The van der Waals surface area contributed by atoms with Crippen molar-refractivity contribution in [2.45, 2.75) is 23.8 Å². The Balaban J connectivity index is 2.12. The van der Waals surface area contributed by atoms with Crippen molar-refractivity contribution >= 4 is 20.0 Å². The monoisotopic (exact) mass is 354 g/mol. The Morgan fingerprint density at radius 2 is 1.59 bits per heavy atom. The van der Waals surface area contributed by atoms with Gasteiger partial charge in [-0.25, -0.2) is 34.6 Å². The lowest BCUT2D eigenvalue weighted by Crippen LogP contribution is -2.46. The van der Waals surface area contributed by atoms with Gasteiger partial charge >= 0.3 is 0 Å². The van der Waals surface area contributed by atoms with Crippen molar-refractivity contribution in [3.8, 4) is 0 Å². The predicted octanol–water partition coefficient (Wildman–Crippen LogP) is 0.667. The van der Waals surface area contributed by atoms with Crippen LogP contribution in [-0.4, -0.2) is 46.5 Å². The van der Waals surface area contributed by atoms with Gasteiger partial charge < -0.3 is 0 Å². The van der Waals surface area contributed by atoms with E-state index in [9.17, 15) is 25.6 Å². The van der Waals surface area contributed by atoms with Crippen LogP contribution in [0, 0.1) is 11.6 Å². The van der Waals surface area contributed by atoms with Crippen molar-refractivity contribution in [1.82, 2.24) is 9.03 Å². The number of hydrogen-bond donors (Lipinski definition) is 1. The Labute approximate surface area is 128 Å². The van der Waals surface area contributed by atoms with Gasteiger partial charge in [0.1, 0.15) is 11.6 Å². The summed E-state index contributed by atoms with van der Waals surface area (Å²) in [5.41, 5.74) is 0. The normalized spacial score (nSPS) is 18.5. The van der Waals surface area contributed by atoms with E-state index in [0.717, 1.165) is 24.5 Å². The summed E-state index contributed by atoms with van der Waals surface area (Å²) in [5, 5.41) is 0. The molecular formula is C12H16F2N2O4S2. The van der Waals surface area contributed by atoms with Gasteiger partial charge in [-0.1, -0.05) is 6.07 Å². The van der Waals surface area contributed by atoms with Crippen molar-refractivity contribution in [1.29, 1.82) is 0 Å². The van der Waals surface area contributed by atoms with Gasteiger partial charge in [-0.05, 0) is 25.0 Å². The number of nitrogens with zero attached hydrogens (tertiary/aromatic N) is 1. The fourth-order valence-electron chi connectivity index (χ4n) is 2.32. The molecule has 1 fully saturated rings. The van der Waals surface area contributed by atoms with E-state index in [1.807, 2.05) is 0 Å². The first-order valence-corrected chi connectivity index (χ1v) is 9.86. The van der Waals surface area contributed by atoms with Crippen LogP contribution < -0.4 is 4.72 Å². The topological polar surface area (TPSA) is 83.6 Å². The van der Waals surface area contributed by atoms with Crippen LogP contribution >= 0.6 is 0 Å². The molecule has 1 aromatic rings. The third-order valence-corrected chi connectivity index (χ3v) is 6.31. The second-order valence-electron chi connectivity index (χ2n) is 5.11. The molecule has 0 aromatic heterocycles. The molecule has 0 atom stereocenters. The lowest BCUT2D eigenvalue weighted by atomic mass is 10.1. The SMILES string of the molecule is CS(=O)(=O)N1CCC(NS(=O)(=O)c2c(F)cccc2F)CC1. The van der Waals surface area contributed by atoms with Crippen molar-refractivity contribution in [3.63, 3.8) is 0 Å². The summed E-state index contributed by atoms with van der Waals surface area (Å²) in [6, 6.07) is 2.24. The fraction of sp³-hybridized carbons (Fsp3) is 0.500. The van der Waals surface area contributed by atoms with E-state index in [2.05, 4.69) is 4.72 Å². The van der Waals surface area contributed by atoms with E-state index in [1.54, 1.807) is 0 Å². The molecule has 124 valence electrons. The Bertz CT molecular complexity index is 737. The molecule has 0 radical (unpaired) electrons. The van der Waals surface area contributed by atoms with Crippen LogP contribution in [-0.2, 0) is 20.0 Å². The summed E-state index contributed by atoms with van der Waals surface area (Å²) in [4.78, 5) is -1.01.